The first-order valence-corrected chi connectivity index (χ1v) is 7.51. The zero-order valence-electron chi connectivity index (χ0n) is 9.94. The topological polar surface area (TPSA) is 89.3 Å². The molecule has 0 radical (unpaired) electrons. The Balaban J connectivity index is 2.74. The molecule has 3 N–H and O–H groups in total. The van der Waals surface area contributed by atoms with Gasteiger partial charge in [0, 0.05) is 17.3 Å². The summed E-state index contributed by atoms with van der Waals surface area (Å²) in [4.78, 5) is 11.6. The van der Waals surface area contributed by atoms with Gasteiger partial charge in [0.15, 0.2) is 9.84 Å². The highest BCUT2D eigenvalue weighted by atomic mass is 35.5. The lowest BCUT2D eigenvalue weighted by molar-refractivity contribution is -0.113. The third-order valence-electron chi connectivity index (χ3n) is 2.32. The highest BCUT2D eigenvalue weighted by Gasteiger charge is 2.16. The van der Waals surface area contributed by atoms with Gasteiger partial charge < -0.3 is 11.1 Å². The van der Waals surface area contributed by atoms with Crippen molar-refractivity contribution in [2.24, 2.45) is 5.73 Å². The van der Waals surface area contributed by atoms with Gasteiger partial charge in [0.05, 0.1) is 5.75 Å². The fourth-order valence-electron chi connectivity index (χ4n) is 1.38. The summed E-state index contributed by atoms with van der Waals surface area (Å²) in [5, 5.41) is 3.03. The van der Waals surface area contributed by atoms with Gasteiger partial charge in [0.25, 0.3) is 0 Å². The van der Waals surface area contributed by atoms with Crippen LogP contribution in [0.5, 0.6) is 0 Å². The number of halogens is 1. The quantitative estimate of drug-likeness (QED) is 0.845. The predicted molar refractivity (Wildman–Crippen MR) is 72.5 cm³/mol. The van der Waals surface area contributed by atoms with Crippen molar-refractivity contribution in [2.45, 2.75) is 6.92 Å². The average Bonchev–Trinajstić information content (AvgIpc) is 2.23. The Morgan fingerprint density at radius 2 is 2.11 bits per heavy atom. The molecule has 0 saturated carbocycles. The maximum atomic E-state index is 11.6. The summed E-state index contributed by atoms with van der Waals surface area (Å²) < 4.78 is 22.8. The summed E-state index contributed by atoms with van der Waals surface area (Å²) >= 11 is 5.89. The Hall–Kier alpha value is -1.11. The molecule has 5 nitrogen and oxygen atoms in total. The van der Waals surface area contributed by atoms with E-state index in [4.69, 9.17) is 17.3 Å². The van der Waals surface area contributed by atoms with Crippen molar-refractivity contribution in [1.82, 2.24) is 0 Å². The first-order valence-electron chi connectivity index (χ1n) is 5.31. The van der Waals surface area contributed by atoms with Crippen LogP contribution in [-0.4, -0.2) is 32.4 Å². The molecule has 1 aromatic rings. The van der Waals surface area contributed by atoms with Gasteiger partial charge in [-0.2, -0.15) is 0 Å². The van der Waals surface area contributed by atoms with Crippen molar-refractivity contribution in [1.29, 1.82) is 0 Å². The number of nitrogens with two attached hydrogens (primary N) is 1. The summed E-state index contributed by atoms with van der Waals surface area (Å²) in [6, 6.07) is 5.03. The number of carbonyl (C=O) groups is 1. The molecule has 0 spiro atoms. The zero-order valence-corrected chi connectivity index (χ0v) is 11.5. The second-order valence-electron chi connectivity index (χ2n) is 3.84. The van der Waals surface area contributed by atoms with Crippen LogP contribution in [0.25, 0.3) is 0 Å². The second kappa shape index (κ2) is 6.17. The number of carbonyl (C=O) groups excluding carboxylic acids is 1. The zero-order chi connectivity index (χ0) is 13.8. The number of sulfone groups is 1. The molecular formula is C11H15ClN2O3S. The third kappa shape index (κ3) is 4.29. The first-order chi connectivity index (χ1) is 8.35. The van der Waals surface area contributed by atoms with E-state index in [0.29, 0.717) is 16.3 Å². The smallest absolute Gasteiger partial charge is 0.239 e. The van der Waals surface area contributed by atoms with Gasteiger partial charge in [-0.1, -0.05) is 17.7 Å². The monoisotopic (exact) mass is 290 g/mol. The van der Waals surface area contributed by atoms with E-state index >= 15 is 0 Å². The van der Waals surface area contributed by atoms with Crippen LogP contribution in [0.1, 0.15) is 5.56 Å². The summed E-state index contributed by atoms with van der Waals surface area (Å²) in [6.07, 6.45) is 0. The first kappa shape index (κ1) is 14.9. The minimum atomic E-state index is -3.44. The van der Waals surface area contributed by atoms with Crippen LogP contribution >= 0.6 is 11.6 Å². The van der Waals surface area contributed by atoms with Crippen LogP contribution in [0.3, 0.4) is 0 Å². The predicted octanol–water partition coefficient (Wildman–Crippen LogP) is 0.960. The molecule has 0 aromatic heterocycles. The average molecular weight is 291 g/mol. The van der Waals surface area contributed by atoms with Crippen molar-refractivity contribution < 1.29 is 13.2 Å². The molecule has 0 saturated heterocycles. The molecule has 1 rings (SSSR count). The normalized spacial score (nSPS) is 11.3. The number of anilines is 1. The van der Waals surface area contributed by atoms with Crippen molar-refractivity contribution in [3.63, 3.8) is 0 Å². The van der Waals surface area contributed by atoms with Gasteiger partial charge in [-0.3, -0.25) is 4.79 Å². The fourth-order valence-corrected chi connectivity index (χ4v) is 2.53. The minimum absolute atomic E-state index is 0.00576. The Morgan fingerprint density at radius 3 is 2.72 bits per heavy atom. The molecule has 0 aliphatic carbocycles. The summed E-state index contributed by atoms with van der Waals surface area (Å²) in [7, 11) is -3.44. The Kier molecular flexibility index (Phi) is 5.13. The van der Waals surface area contributed by atoms with Gasteiger partial charge in [0.1, 0.15) is 5.75 Å². The molecule has 0 atom stereocenters. The minimum Gasteiger partial charge on any atom is -0.329 e. The van der Waals surface area contributed by atoms with E-state index < -0.39 is 21.5 Å². The number of benzene rings is 1. The van der Waals surface area contributed by atoms with Gasteiger partial charge in [-0.05, 0) is 24.6 Å². The largest absolute Gasteiger partial charge is 0.329 e. The molecule has 0 aliphatic rings. The van der Waals surface area contributed by atoms with Crippen LogP contribution in [0.15, 0.2) is 18.2 Å². The number of nitrogens with one attached hydrogen (secondary N) is 1. The molecule has 0 heterocycles. The lowest BCUT2D eigenvalue weighted by Gasteiger charge is -2.09. The molecule has 18 heavy (non-hydrogen) atoms. The van der Waals surface area contributed by atoms with E-state index in [2.05, 4.69) is 5.32 Å². The molecule has 0 unspecified atom stereocenters. The van der Waals surface area contributed by atoms with Crippen molar-refractivity contribution in [2.75, 3.05) is 23.4 Å². The summed E-state index contributed by atoms with van der Waals surface area (Å²) in [5.74, 6) is -1.36. The van der Waals surface area contributed by atoms with Crippen molar-refractivity contribution in [3.05, 3.63) is 28.8 Å². The number of hydrogen-bond acceptors (Lipinski definition) is 4. The molecule has 100 valence electrons. The number of amides is 1. The molecule has 0 fully saturated rings. The van der Waals surface area contributed by atoms with Gasteiger partial charge in [-0.15, -0.1) is 0 Å². The van der Waals surface area contributed by atoms with E-state index in [9.17, 15) is 13.2 Å². The molecule has 0 bridgehead atoms. The molecule has 7 heteroatoms. The van der Waals surface area contributed by atoms with Crippen LogP contribution in [0.2, 0.25) is 5.02 Å². The van der Waals surface area contributed by atoms with E-state index in [0.717, 1.165) is 0 Å². The van der Waals surface area contributed by atoms with E-state index in [1.54, 1.807) is 25.1 Å². The summed E-state index contributed by atoms with van der Waals surface area (Å²) in [5.41, 5.74) is 6.37. The maximum Gasteiger partial charge on any atom is 0.239 e. The maximum absolute atomic E-state index is 11.6. The molecule has 0 aliphatic heterocycles. The summed E-state index contributed by atoms with van der Waals surface area (Å²) in [6.45, 7) is 1.75. The van der Waals surface area contributed by atoms with Crippen LogP contribution in [-0.2, 0) is 14.6 Å². The highest BCUT2D eigenvalue weighted by molar-refractivity contribution is 7.92. The van der Waals surface area contributed by atoms with Gasteiger partial charge in [0.2, 0.25) is 5.91 Å². The Bertz CT molecular complexity index is 543. The SMILES string of the molecule is Cc1c(Cl)cccc1NC(=O)CS(=O)(=O)CCN. The Morgan fingerprint density at radius 1 is 1.44 bits per heavy atom. The standard InChI is InChI=1S/C11H15ClN2O3S/c1-8-9(12)3-2-4-10(8)14-11(15)7-18(16,17)6-5-13/h2-4H,5-7,13H2,1H3,(H,14,15). The van der Waals surface area contributed by atoms with E-state index in [1.165, 1.54) is 0 Å². The molecule has 1 amide bonds. The lowest BCUT2D eigenvalue weighted by Crippen LogP contribution is -2.27. The van der Waals surface area contributed by atoms with Crippen molar-refractivity contribution in [3.8, 4) is 0 Å². The van der Waals surface area contributed by atoms with Crippen LogP contribution in [0, 0.1) is 6.92 Å². The van der Waals surface area contributed by atoms with Crippen LogP contribution < -0.4 is 11.1 Å². The lowest BCUT2D eigenvalue weighted by atomic mass is 10.2. The van der Waals surface area contributed by atoms with Crippen molar-refractivity contribution >= 4 is 33.0 Å². The van der Waals surface area contributed by atoms with Gasteiger partial charge in [-0.25, -0.2) is 8.42 Å². The Labute approximate surface area is 111 Å². The molecule has 1 aromatic carbocycles. The second-order valence-corrected chi connectivity index (χ2v) is 6.43. The fraction of sp³-hybridized carbons (Fsp3) is 0.364. The van der Waals surface area contributed by atoms with Gasteiger partial charge >= 0.3 is 0 Å². The van der Waals surface area contributed by atoms with Crippen LogP contribution in [0.4, 0.5) is 5.69 Å². The van der Waals surface area contributed by atoms with E-state index in [1.807, 2.05) is 0 Å². The number of hydrogen-bond donors (Lipinski definition) is 2. The molecular weight excluding hydrogens is 276 g/mol. The van der Waals surface area contributed by atoms with E-state index in [-0.39, 0.29) is 12.3 Å². The third-order valence-corrected chi connectivity index (χ3v) is 4.29. The number of rotatable bonds is 5. The highest BCUT2D eigenvalue weighted by Crippen LogP contribution is 2.22.